The number of carbonyl (C=O) groups excluding carboxylic acids is 1. The standard InChI is InChI=1S/C8H12N2O2/c1-3-12-8(11)6-7(2)10-5-4-9/h3,5-6H2,1-2H3. The molecule has 0 aliphatic rings. The van der Waals surface area contributed by atoms with Crippen molar-refractivity contribution in [3.63, 3.8) is 0 Å². The second kappa shape index (κ2) is 6.35. The molecule has 0 aromatic carbocycles. The minimum Gasteiger partial charge on any atom is -0.466 e. The van der Waals surface area contributed by atoms with Crippen LogP contribution in [0, 0.1) is 11.3 Å². The lowest BCUT2D eigenvalue weighted by Gasteiger charge is -1.99. The molecule has 0 N–H and O–H groups in total. The minimum atomic E-state index is -0.295. The number of carbonyl (C=O) groups is 1. The Morgan fingerprint density at radius 2 is 2.33 bits per heavy atom. The van der Waals surface area contributed by atoms with Crippen LogP contribution in [0.15, 0.2) is 4.99 Å². The fourth-order valence-electron chi connectivity index (χ4n) is 0.647. The molecule has 0 saturated heterocycles. The monoisotopic (exact) mass is 168 g/mol. The number of nitriles is 1. The summed E-state index contributed by atoms with van der Waals surface area (Å²) in [6.45, 7) is 3.93. The van der Waals surface area contributed by atoms with Crippen molar-refractivity contribution in [3.05, 3.63) is 0 Å². The highest BCUT2D eigenvalue weighted by atomic mass is 16.5. The van der Waals surface area contributed by atoms with Crippen LogP contribution in [-0.4, -0.2) is 24.8 Å². The summed E-state index contributed by atoms with van der Waals surface area (Å²) in [5, 5.41) is 8.18. The number of esters is 1. The van der Waals surface area contributed by atoms with Crippen LogP contribution in [0.2, 0.25) is 0 Å². The van der Waals surface area contributed by atoms with Gasteiger partial charge in [0.1, 0.15) is 6.54 Å². The Hall–Kier alpha value is -1.37. The Kier molecular flexibility index (Phi) is 5.62. The van der Waals surface area contributed by atoms with Gasteiger partial charge in [-0.2, -0.15) is 5.26 Å². The molecule has 0 spiro atoms. The predicted molar refractivity (Wildman–Crippen MR) is 44.8 cm³/mol. The molecule has 0 rings (SSSR count). The van der Waals surface area contributed by atoms with Gasteiger partial charge in [-0.15, -0.1) is 0 Å². The second-order valence-electron chi connectivity index (χ2n) is 2.19. The molecule has 0 heterocycles. The number of nitrogens with zero attached hydrogens (tertiary/aromatic N) is 2. The normalized spacial score (nSPS) is 10.6. The Bertz CT molecular complexity index is 216. The van der Waals surface area contributed by atoms with Gasteiger partial charge in [0.25, 0.3) is 0 Å². The van der Waals surface area contributed by atoms with E-state index in [4.69, 9.17) is 5.26 Å². The summed E-state index contributed by atoms with van der Waals surface area (Å²) in [6.07, 6.45) is 0.176. The van der Waals surface area contributed by atoms with Gasteiger partial charge in [0.05, 0.1) is 19.1 Å². The van der Waals surface area contributed by atoms with Gasteiger partial charge >= 0.3 is 5.97 Å². The van der Waals surface area contributed by atoms with E-state index in [1.54, 1.807) is 13.8 Å². The van der Waals surface area contributed by atoms with Crippen LogP contribution in [0.1, 0.15) is 20.3 Å². The summed E-state index contributed by atoms with van der Waals surface area (Å²) >= 11 is 0. The zero-order chi connectivity index (χ0) is 9.40. The van der Waals surface area contributed by atoms with E-state index < -0.39 is 0 Å². The van der Waals surface area contributed by atoms with Gasteiger partial charge in [0.2, 0.25) is 0 Å². The molecular weight excluding hydrogens is 156 g/mol. The molecule has 0 amide bonds. The molecule has 66 valence electrons. The first-order chi connectivity index (χ1) is 5.70. The number of hydrogen-bond acceptors (Lipinski definition) is 4. The van der Waals surface area contributed by atoms with E-state index in [-0.39, 0.29) is 18.9 Å². The fourth-order valence-corrected chi connectivity index (χ4v) is 0.647. The van der Waals surface area contributed by atoms with Gasteiger partial charge in [-0.05, 0) is 13.8 Å². The SMILES string of the molecule is CCOC(=O)CC(C)=NCC#N. The molecule has 0 aliphatic heterocycles. The lowest BCUT2D eigenvalue weighted by atomic mass is 10.3. The van der Waals surface area contributed by atoms with Crippen molar-refractivity contribution in [3.8, 4) is 6.07 Å². The highest BCUT2D eigenvalue weighted by Crippen LogP contribution is 1.90. The third-order valence-corrected chi connectivity index (χ3v) is 1.13. The van der Waals surface area contributed by atoms with E-state index in [1.165, 1.54) is 0 Å². The average Bonchev–Trinajstić information content (AvgIpc) is 2.01. The highest BCUT2D eigenvalue weighted by molar-refractivity contribution is 5.97. The molecule has 12 heavy (non-hydrogen) atoms. The zero-order valence-corrected chi connectivity index (χ0v) is 7.33. The summed E-state index contributed by atoms with van der Waals surface area (Å²) in [4.78, 5) is 14.7. The fraction of sp³-hybridized carbons (Fsp3) is 0.625. The van der Waals surface area contributed by atoms with E-state index in [0.717, 1.165) is 0 Å². The maximum atomic E-state index is 10.8. The van der Waals surface area contributed by atoms with Crippen molar-refractivity contribution in [2.45, 2.75) is 20.3 Å². The largest absolute Gasteiger partial charge is 0.466 e. The molecular formula is C8H12N2O2. The van der Waals surface area contributed by atoms with Crippen molar-refractivity contribution in [2.24, 2.45) is 4.99 Å². The van der Waals surface area contributed by atoms with Crippen LogP contribution < -0.4 is 0 Å². The average molecular weight is 168 g/mol. The minimum absolute atomic E-state index is 0.102. The van der Waals surface area contributed by atoms with Gasteiger partial charge in [-0.25, -0.2) is 0 Å². The first-order valence-electron chi connectivity index (χ1n) is 3.73. The predicted octanol–water partition coefficient (Wildman–Crippen LogP) is 0.924. The van der Waals surface area contributed by atoms with Crippen LogP contribution in [-0.2, 0) is 9.53 Å². The van der Waals surface area contributed by atoms with Gasteiger partial charge in [-0.1, -0.05) is 0 Å². The molecule has 0 aliphatic carbocycles. The van der Waals surface area contributed by atoms with Crippen molar-refractivity contribution < 1.29 is 9.53 Å². The van der Waals surface area contributed by atoms with Crippen LogP contribution >= 0.6 is 0 Å². The topological polar surface area (TPSA) is 62.4 Å². The first-order valence-corrected chi connectivity index (χ1v) is 3.73. The van der Waals surface area contributed by atoms with Crippen molar-refractivity contribution >= 4 is 11.7 Å². The Morgan fingerprint density at radius 3 is 2.83 bits per heavy atom. The van der Waals surface area contributed by atoms with Crippen molar-refractivity contribution in [2.75, 3.05) is 13.2 Å². The Labute approximate surface area is 71.9 Å². The lowest BCUT2D eigenvalue weighted by Crippen LogP contribution is -2.08. The number of hydrogen-bond donors (Lipinski definition) is 0. The number of rotatable bonds is 4. The van der Waals surface area contributed by atoms with Gasteiger partial charge in [0.15, 0.2) is 0 Å². The van der Waals surface area contributed by atoms with E-state index in [1.807, 2.05) is 6.07 Å². The summed E-state index contributed by atoms with van der Waals surface area (Å²) in [7, 11) is 0. The Morgan fingerprint density at radius 1 is 1.67 bits per heavy atom. The molecule has 0 aromatic heterocycles. The second-order valence-corrected chi connectivity index (χ2v) is 2.19. The molecule has 0 fully saturated rings. The van der Waals surface area contributed by atoms with Crippen LogP contribution in [0.4, 0.5) is 0 Å². The van der Waals surface area contributed by atoms with Crippen LogP contribution in [0.5, 0.6) is 0 Å². The van der Waals surface area contributed by atoms with Crippen molar-refractivity contribution in [1.29, 1.82) is 5.26 Å². The number of aliphatic imine (C=N–C) groups is 1. The summed E-state index contributed by atoms with van der Waals surface area (Å²) in [5.74, 6) is -0.295. The third kappa shape index (κ3) is 5.42. The van der Waals surface area contributed by atoms with E-state index in [2.05, 4.69) is 9.73 Å². The third-order valence-electron chi connectivity index (χ3n) is 1.13. The van der Waals surface area contributed by atoms with Crippen LogP contribution in [0.25, 0.3) is 0 Å². The zero-order valence-electron chi connectivity index (χ0n) is 7.33. The quantitative estimate of drug-likeness (QED) is 0.356. The maximum Gasteiger partial charge on any atom is 0.311 e. The molecule has 4 nitrogen and oxygen atoms in total. The van der Waals surface area contributed by atoms with E-state index in [0.29, 0.717) is 12.3 Å². The first kappa shape index (κ1) is 10.6. The number of ether oxygens (including phenoxy) is 1. The molecule has 4 heteroatoms. The van der Waals surface area contributed by atoms with Crippen molar-refractivity contribution in [1.82, 2.24) is 0 Å². The Balaban J connectivity index is 3.76. The molecule has 0 saturated carbocycles. The van der Waals surface area contributed by atoms with Gasteiger partial charge in [0, 0.05) is 5.71 Å². The summed E-state index contributed by atoms with van der Waals surface area (Å²) in [6, 6.07) is 1.86. The molecule has 0 unspecified atom stereocenters. The van der Waals surface area contributed by atoms with Crippen LogP contribution in [0.3, 0.4) is 0 Å². The molecule has 0 aromatic rings. The van der Waals surface area contributed by atoms with E-state index in [9.17, 15) is 4.79 Å². The van der Waals surface area contributed by atoms with Gasteiger partial charge < -0.3 is 4.74 Å². The molecule has 0 atom stereocenters. The summed E-state index contributed by atoms with van der Waals surface area (Å²) < 4.78 is 4.69. The highest BCUT2D eigenvalue weighted by Gasteiger charge is 2.02. The van der Waals surface area contributed by atoms with Gasteiger partial charge in [-0.3, -0.25) is 9.79 Å². The van der Waals surface area contributed by atoms with E-state index >= 15 is 0 Å². The smallest absolute Gasteiger partial charge is 0.311 e. The lowest BCUT2D eigenvalue weighted by molar-refractivity contribution is -0.141. The maximum absolute atomic E-state index is 10.8. The molecule has 0 radical (unpaired) electrons. The molecule has 0 bridgehead atoms. The summed E-state index contributed by atoms with van der Waals surface area (Å²) in [5.41, 5.74) is 0.634.